The number of hydrogen-bond acceptors (Lipinski definition) is 5. The van der Waals surface area contributed by atoms with Crippen molar-refractivity contribution in [2.75, 3.05) is 0 Å². The van der Waals surface area contributed by atoms with Gasteiger partial charge in [-0.15, -0.1) is 0 Å². The molecule has 2 aromatic heterocycles. The Morgan fingerprint density at radius 2 is 1.66 bits per heavy atom. The molecule has 1 unspecified atom stereocenters. The minimum absolute atomic E-state index is 0.153. The van der Waals surface area contributed by atoms with E-state index in [1.807, 2.05) is 30.3 Å². The van der Waals surface area contributed by atoms with Gasteiger partial charge in [0, 0.05) is 17.2 Å². The van der Waals surface area contributed by atoms with Crippen LogP contribution < -0.4 is 10.5 Å². The van der Waals surface area contributed by atoms with Gasteiger partial charge in [0.25, 0.3) is 0 Å². The van der Waals surface area contributed by atoms with Crippen molar-refractivity contribution in [1.29, 1.82) is 0 Å². The van der Waals surface area contributed by atoms with Crippen molar-refractivity contribution < 1.29 is 4.74 Å². The van der Waals surface area contributed by atoms with E-state index in [1.54, 1.807) is 6.20 Å². The van der Waals surface area contributed by atoms with E-state index in [2.05, 4.69) is 77.3 Å². The number of nitrogens with two attached hydrogens (primary N) is 1. The molecular formula is C26H29N5O. The molecule has 0 spiro atoms. The fourth-order valence-corrected chi connectivity index (χ4v) is 3.85. The summed E-state index contributed by atoms with van der Waals surface area (Å²) in [6, 6.07) is 22.7. The summed E-state index contributed by atoms with van der Waals surface area (Å²) in [7, 11) is 0. The number of aromatic amines is 1. The van der Waals surface area contributed by atoms with Crippen LogP contribution in [0.5, 0.6) is 5.75 Å². The van der Waals surface area contributed by atoms with E-state index in [1.165, 1.54) is 11.1 Å². The Labute approximate surface area is 188 Å². The lowest BCUT2D eigenvalue weighted by atomic mass is 9.68. The zero-order chi connectivity index (χ0) is 22.6. The van der Waals surface area contributed by atoms with E-state index in [0.717, 1.165) is 17.0 Å². The highest BCUT2D eigenvalue weighted by Gasteiger charge is 2.32. The number of nitrogens with one attached hydrogen (secondary N) is 1. The van der Waals surface area contributed by atoms with Gasteiger partial charge in [-0.3, -0.25) is 10.1 Å². The van der Waals surface area contributed by atoms with Gasteiger partial charge in [0.15, 0.2) is 5.82 Å². The van der Waals surface area contributed by atoms with Crippen LogP contribution in [0.3, 0.4) is 0 Å². The summed E-state index contributed by atoms with van der Waals surface area (Å²) >= 11 is 0. The zero-order valence-electron chi connectivity index (χ0n) is 18.7. The molecule has 2 heterocycles. The Morgan fingerprint density at radius 1 is 0.969 bits per heavy atom. The van der Waals surface area contributed by atoms with Crippen LogP contribution in [0.4, 0.5) is 0 Å². The quantitative estimate of drug-likeness (QED) is 0.419. The molecule has 2 aromatic carbocycles. The van der Waals surface area contributed by atoms with Crippen molar-refractivity contribution in [1.82, 2.24) is 20.2 Å². The van der Waals surface area contributed by atoms with Crippen molar-refractivity contribution in [3.8, 4) is 17.1 Å². The number of rotatable bonds is 8. The van der Waals surface area contributed by atoms with Gasteiger partial charge >= 0.3 is 0 Å². The van der Waals surface area contributed by atoms with Gasteiger partial charge < -0.3 is 10.5 Å². The summed E-state index contributed by atoms with van der Waals surface area (Å²) < 4.78 is 5.91. The molecule has 0 aliphatic heterocycles. The van der Waals surface area contributed by atoms with Crippen molar-refractivity contribution in [2.45, 2.75) is 39.3 Å². The molecule has 0 bridgehead atoms. The van der Waals surface area contributed by atoms with Crippen LogP contribution in [0.15, 0.2) is 72.9 Å². The maximum atomic E-state index is 5.91. The third kappa shape index (κ3) is 4.41. The number of ether oxygens (including phenoxy) is 1. The fraction of sp³-hybridized carbons (Fsp3) is 0.269. The fourth-order valence-electron chi connectivity index (χ4n) is 3.85. The molecule has 0 saturated carbocycles. The van der Waals surface area contributed by atoms with Crippen molar-refractivity contribution in [2.24, 2.45) is 11.7 Å². The number of H-pyrrole nitrogens is 1. The van der Waals surface area contributed by atoms with Crippen LogP contribution >= 0.6 is 0 Å². The van der Waals surface area contributed by atoms with Crippen molar-refractivity contribution in [3.05, 3.63) is 95.6 Å². The minimum atomic E-state index is -0.153. The smallest absolute Gasteiger partial charge is 0.181 e. The lowest BCUT2D eigenvalue weighted by Crippen LogP contribution is -2.30. The molecule has 0 radical (unpaired) electrons. The topological polar surface area (TPSA) is 89.7 Å². The van der Waals surface area contributed by atoms with Gasteiger partial charge in [-0.05, 0) is 41.3 Å². The summed E-state index contributed by atoms with van der Waals surface area (Å²) in [5.74, 6) is 2.57. The summed E-state index contributed by atoms with van der Waals surface area (Å²) in [4.78, 5) is 8.73. The van der Waals surface area contributed by atoms with Gasteiger partial charge in [0.05, 0.1) is 12.2 Å². The second-order valence-corrected chi connectivity index (χ2v) is 8.38. The summed E-state index contributed by atoms with van der Waals surface area (Å²) in [6.45, 7) is 7.59. The van der Waals surface area contributed by atoms with Gasteiger partial charge in [-0.2, -0.15) is 5.10 Å². The molecule has 6 heteroatoms. The highest BCUT2D eigenvalue weighted by Crippen LogP contribution is 2.40. The molecule has 0 aliphatic rings. The number of benzene rings is 2. The second kappa shape index (κ2) is 9.32. The van der Waals surface area contributed by atoms with E-state index in [4.69, 9.17) is 10.5 Å². The standard InChI is InChI=1S/C26H29N5O/c1-18(2)26(3,20-9-7-19(8-10-20)25-29-24(16-27)30-31-25)21-11-13-23(14-12-21)32-17-22-6-4-5-15-28-22/h4-15,18H,16-17,27H2,1-3H3,(H,29,30,31). The average molecular weight is 428 g/mol. The van der Waals surface area contributed by atoms with Crippen LogP contribution in [0, 0.1) is 5.92 Å². The van der Waals surface area contributed by atoms with E-state index in [9.17, 15) is 0 Å². The lowest BCUT2D eigenvalue weighted by Gasteiger charge is -2.35. The molecule has 0 amide bonds. The van der Waals surface area contributed by atoms with E-state index in [0.29, 0.717) is 30.7 Å². The van der Waals surface area contributed by atoms with Gasteiger partial charge in [-0.25, -0.2) is 4.98 Å². The third-order valence-corrected chi connectivity index (χ3v) is 6.19. The Bertz CT molecular complexity index is 1140. The molecule has 0 saturated heterocycles. The zero-order valence-corrected chi connectivity index (χ0v) is 18.7. The molecule has 0 aliphatic carbocycles. The number of pyridine rings is 1. The second-order valence-electron chi connectivity index (χ2n) is 8.38. The number of aromatic nitrogens is 4. The van der Waals surface area contributed by atoms with Crippen molar-refractivity contribution >= 4 is 0 Å². The maximum absolute atomic E-state index is 5.91. The molecule has 6 nitrogen and oxygen atoms in total. The average Bonchev–Trinajstić information content (AvgIpc) is 3.33. The van der Waals surface area contributed by atoms with Crippen LogP contribution in [0.1, 0.15) is 43.4 Å². The summed E-state index contributed by atoms with van der Waals surface area (Å²) in [6.07, 6.45) is 1.78. The maximum Gasteiger partial charge on any atom is 0.181 e. The third-order valence-electron chi connectivity index (χ3n) is 6.19. The summed E-state index contributed by atoms with van der Waals surface area (Å²) in [5.41, 5.74) is 9.85. The van der Waals surface area contributed by atoms with Gasteiger partial charge in [0.1, 0.15) is 18.2 Å². The predicted octanol–water partition coefficient (Wildman–Crippen LogP) is 4.87. The first-order valence-corrected chi connectivity index (χ1v) is 10.9. The Morgan fingerprint density at radius 3 is 2.22 bits per heavy atom. The first-order valence-electron chi connectivity index (χ1n) is 10.9. The molecule has 1 atom stereocenters. The highest BCUT2D eigenvalue weighted by atomic mass is 16.5. The van der Waals surface area contributed by atoms with Crippen LogP contribution in [-0.4, -0.2) is 20.2 Å². The van der Waals surface area contributed by atoms with Gasteiger partial charge in [-0.1, -0.05) is 63.2 Å². The molecule has 4 rings (SSSR count). The largest absolute Gasteiger partial charge is 0.487 e. The lowest BCUT2D eigenvalue weighted by molar-refractivity contribution is 0.301. The molecule has 32 heavy (non-hydrogen) atoms. The monoisotopic (exact) mass is 427 g/mol. The Hall–Kier alpha value is -3.51. The molecular weight excluding hydrogens is 398 g/mol. The van der Waals surface area contributed by atoms with Crippen molar-refractivity contribution in [3.63, 3.8) is 0 Å². The van der Waals surface area contributed by atoms with Gasteiger partial charge in [0.2, 0.25) is 0 Å². The number of nitrogens with zero attached hydrogens (tertiary/aromatic N) is 3. The van der Waals surface area contributed by atoms with Crippen LogP contribution in [-0.2, 0) is 18.6 Å². The van der Waals surface area contributed by atoms with E-state index >= 15 is 0 Å². The van der Waals surface area contributed by atoms with E-state index < -0.39 is 0 Å². The normalized spacial score (nSPS) is 13.2. The van der Waals surface area contributed by atoms with Crippen LogP contribution in [0.25, 0.3) is 11.4 Å². The molecule has 4 aromatic rings. The molecule has 0 fully saturated rings. The first kappa shape index (κ1) is 21.7. The Balaban J connectivity index is 1.55. The first-order chi connectivity index (χ1) is 15.5. The van der Waals surface area contributed by atoms with Crippen LogP contribution in [0.2, 0.25) is 0 Å². The molecule has 164 valence electrons. The minimum Gasteiger partial charge on any atom is -0.487 e. The number of hydrogen-bond donors (Lipinski definition) is 2. The highest BCUT2D eigenvalue weighted by molar-refractivity contribution is 5.56. The summed E-state index contributed by atoms with van der Waals surface area (Å²) in [5, 5.41) is 7.12. The SMILES string of the molecule is CC(C)C(C)(c1ccc(OCc2ccccn2)cc1)c1ccc(-c2n[nH]c(CN)n2)cc1. The predicted molar refractivity (Wildman–Crippen MR) is 126 cm³/mol. The Kier molecular flexibility index (Phi) is 6.32. The van der Waals surface area contributed by atoms with E-state index in [-0.39, 0.29) is 5.41 Å². The molecule has 3 N–H and O–H groups in total.